The lowest BCUT2D eigenvalue weighted by Gasteiger charge is -2.29. The van der Waals surface area contributed by atoms with Crippen LogP contribution in [0.5, 0.6) is 0 Å². The summed E-state index contributed by atoms with van der Waals surface area (Å²) in [6.45, 7) is 7.92. The quantitative estimate of drug-likeness (QED) is 0.906. The highest BCUT2D eigenvalue weighted by Gasteiger charge is 2.32. The predicted octanol–water partition coefficient (Wildman–Crippen LogP) is 2.25. The Morgan fingerprint density at radius 3 is 2.63 bits per heavy atom. The Labute approximate surface area is 115 Å². The number of aromatic nitrogens is 2. The number of nitrogens with zero attached hydrogens (tertiary/aromatic N) is 2. The minimum absolute atomic E-state index is 0.245. The fraction of sp³-hybridized carbons (Fsp3) is 0.769. The predicted molar refractivity (Wildman–Crippen MR) is 74.1 cm³/mol. The number of hydrogen-bond donors (Lipinski definition) is 1. The molecule has 0 spiro atoms. The van der Waals surface area contributed by atoms with Crippen molar-refractivity contribution in [3.8, 4) is 0 Å². The molecule has 1 saturated heterocycles. The zero-order valence-corrected chi connectivity index (χ0v) is 12.7. The second kappa shape index (κ2) is 5.25. The molecule has 1 atom stereocenters. The molecule has 5 nitrogen and oxygen atoms in total. The molecule has 1 fully saturated rings. The van der Waals surface area contributed by atoms with Crippen molar-refractivity contribution in [1.82, 2.24) is 14.5 Å². The van der Waals surface area contributed by atoms with E-state index in [1.807, 2.05) is 0 Å². The van der Waals surface area contributed by atoms with Gasteiger partial charge in [0.2, 0.25) is 10.0 Å². The van der Waals surface area contributed by atoms with E-state index in [0.717, 1.165) is 19.3 Å². The highest BCUT2D eigenvalue weighted by molar-refractivity contribution is 7.89. The Kier molecular flexibility index (Phi) is 4.01. The highest BCUT2D eigenvalue weighted by Crippen LogP contribution is 2.35. The molecule has 0 aliphatic carbocycles. The molecule has 2 heterocycles. The van der Waals surface area contributed by atoms with Gasteiger partial charge in [0, 0.05) is 19.3 Å². The molecule has 1 aromatic rings. The lowest BCUT2D eigenvalue weighted by Crippen LogP contribution is -2.32. The van der Waals surface area contributed by atoms with E-state index >= 15 is 0 Å². The Morgan fingerprint density at radius 1 is 1.32 bits per heavy atom. The molecule has 1 aliphatic heterocycles. The fourth-order valence-electron chi connectivity index (χ4n) is 2.71. The van der Waals surface area contributed by atoms with Crippen LogP contribution >= 0.6 is 0 Å². The third-order valence-electron chi connectivity index (χ3n) is 4.02. The van der Waals surface area contributed by atoms with Crippen molar-refractivity contribution in [2.24, 2.45) is 11.3 Å². The van der Waals surface area contributed by atoms with E-state index in [0.29, 0.717) is 19.0 Å². The first-order valence-electron chi connectivity index (χ1n) is 6.81. The Bertz CT molecular complexity index is 502. The molecule has 2 rings (SSSR count). The van der Waals surface area contributed by atoms with Gasteiger partial charge >= 0.3 is 0 Å². The van der Waals surface area contributed by atoms with Crippen LogP contribution in [0.15, 0.2) is 17.3 Å². The zero-order chi connectivity index (χ0) is 14.1. The molecule has 1 unspecified atom stereocenters. The van der Waals surface area contributed by atoms with Crippen LogP contribution in [0.3, 0.4) is 0 Å². The van der Waals surface area contributed by atoms with Gasteiger partial charge in [0.25, 0.3) is 0 Å². The Hall–Kier alpha value is -0.880. The molecule has 1 N–H and O–H groups in total. The number of sulfonamides is 1. The minimum Gasteiger partial charge on any atom is -0.284 e. The summed E-state index contributed by atoms with van der Waals surface area (Å²) in [5.41, 5.74) is 0.245. The van der Waals surface area contributed by atoms with Crippen LogP contribution in [-0.4, -0.2) is 36.0 Å². The summed E-state index contributed by atoms with van der Waals surface area (Å²) in [7, 11) is -3.37. The second-order valence-electron chi connectivity index (χ2n) is 6.33. The highest BCUT2D eigenvalue weighted by atomic mass is 32.2. The number of rotatable bonds is 2. The van der Waals surface area contributed by atoms with Gasteiger partial charge in [0.15, 0.2) is 0 Å². The van der Waals surface area contributed by atoms with Crippen molar-refractivity contribution in [1.29, 1.82) is 0 Å². The van der Waals surface area contributed by atoms with Gasteiger partial charge in [-0.15, -0.1) is 0 Å². The number of aromatic amines is 1. The average Bonchev–Trinajstić information content (AvgIpc) is 2.71. The summed E-state index contributed by atoms with van der Waals surface area (Å²) < 4.78 is 26.4. The molecular formula is C13H23N3O2S. The normalized spacial score (nSPS) is 23.2. The summed E-state index contributed by atoms with van der Waals surface area (Å²) in [5, 5.41) is 6.30. The van der Waals surface area contributed by atoms with Gasteiger partial charge < -0.3 is 0 Å². The summed E-state index contributed by atoms with van der Waals surface area (Å²) in [4.78, 5) is 0.265. The van der Waals surface area contributed by atoms with E-state index in [-0.39, 0.29) is 10.3 Å². The molecule has 1 aliphatic rings. The maximum Gasteiger partial charge on any atom is 0.246 e. The molecular weight excluding hydrogens is 262 g/mol. The molecule has 0 bridgehead atoms. The maximum atomic E-state index is 12.4. The van der Waals surface area contributed by atoms with Gasteiger partial charge in [0.1, 0.15) is 4.90 Å². The van der Waals surface area contributed by atoms with Gasteiger partial charge in [-0.05, 0) is 30.6 Å². The monoisotopic (exact) mass is 285 g/mol. The van der Waals surface area contributed by atoms with Gasteiger partial charge in [-0.3, -0.25) is 5.10 Å². The van der Waals surface area contributed by atoms with Crippen LogP contribution in [0.1, 0.15) is 40.0 Å². The van der Waals surface area contributed by atoms with E-state index in [1.54, 1.807) is 4.31 Å². The van der Waals surface area contributed by atoms with Crippen molar-refractivity contribution in [3.63, 3.8) is 0 Å². The third kappa shape index (κ3) is 3.17. The van der Waals surface area contributed by atoms with E-state index in [1.165, 1.54) is 12.4 Å². The SMILES string of the molecule is CC(C)(C)C1CCCN(S(=O)(=O)c2cn[nH]c2)CC1. The topological polar surface area (TPSA) is 66.1 Å². The summed E-state index contributed by atoms with van der Waals surface area (Å²) in [6, 6.07) is 0. The van der Waals surface area contributed by atoms with Crippen LogP contribution in [0.2, 0.25) is 0 Å². The zero-order valence-electron chi connectivity index (χ0n) is 11.9. The van der Waals surface area contributed by atoms with Crippen molar-refractivity contribution in [2.45, 2.75) is 44.9 Å². The maximum absolute atomic E-state index is 12.4. The van der Waals surface area contributed by atoms with E-state index in [9.17, 15) is 8.42 Å². The van der Waals surface area contributed by atoms with Crippen molar-refractivity contribution < 1.29 is 8.42 Å². The average molecular weight is 285 g/mol. The van der Waals surface area contributed by atoms with Crippen LogP contribution in [-0.2, 0) is 10.0 Å². The van der Waals surface area contributed by atoms with Gasteiger partial charge in [-0.1, -0.05) is 20.8 Å². The first kappa shape index (κ1) is 14.5. The van der Waals surface area contributed by atoms with Gasteiger partial charge in [0.05, 0.1) is 6.20 Å². The standard InChI is InChI=1S/C13H23N3O2S/c1-13(2,3)11-5-4-7-16(8-6-11)19(17,18)12-9-14-15-10-12/h9-11H,4-8H2,1-3H3,(H,14,15). The molecule has 0 aromatic carbocycles. The third-order valence-corrected chi connectivity index (χ3v) is 5.89. The molecule has 0 radical (unpaired) electrons. The second-order valence-corrected chi connectivity index (χ2v) is 8.27. The van der Waals surface area contributed by atoms with Crippen molar-refractivity contribution in [2.75, 3.05) is 13.1 Å². The number of H-pyrrole nitrogens is 1. The summed E-state index contributed by atoms with van der Waals surface area (Å²) >= 11 is 0. The van der Waals surface area contributed by atoms with Gasteiger partial charge in [-0.25, -0.2) is 8.42 Å². The Balaban J connectivity index is 2.12. The first-order valence-corrected chi connectivity index (χ1v) is 8.25. The van der Waals surface area contributed by atoms with E-state index in [4.69, 9.17) is 0 Å². The minimum atomic E-state index is -3.37. The largest absolute Gasteiger partial charge is 0.284 e. The molecule has 108 valence electrons. The Morgan fingerprint density at radius 2 is 2.05 bits per heavy atom. The first-order chi connectivity index (χ1) is 8.82. The van der Waals surface area contributed by atoms with Gasteiger partial charge in [-0.2, -0.15) is 9.40 Å². The molecule has 19 heavy (non-hydrogen) atoms. The van der Waals surface area contributed by atoms with Crippen molar-refractivity contribution >= 4 is 10.0 Å². The molecule has 1 aromatic heterocycles. The molecule has 0 amide bonds. The molecule has 0 saturated carbocycles. The number of hydrogen-bond acceptors (Lipinski definition) is 3. The van der Waals surface area contributed by atoms with Crippen LogP contribution in [0.25, 0.3) is 0 Å². The lowest BCUT2D eigenvalue weighted by molar-refractivity contribution is 0.217. The number of nitrogens with one attached hydrogen (secondary N) is 1. The molecule has 6 heteroatoms. The summed E-state index contributed by atoms with van der Waals surface area (Å²) in [6.07, 6.45) is 5.78. The lowest BCUT2D eigenvalue weighted by atomic mass is 9.77. The van der Waals surface area contributed by atoms with E-state index < -0.39 is 10.0 Å². The van der Waals surface area contributed by atoms with Crippen LogP contribution in [0.4, 0.5) is 0 Å². The fourth-order valence-corrected chi connectivity index (χ4v) is 4.11. The summed E-state index contributed by atoms with van der Waals surface area (Å²) in [5.74, 6) is 0.581. The van der Waals surface area contributed by atoms with Crippen LogP contribution in [0, 0.1) is 11.3 Å². The smallest absolute Gasteiger partial charge is 0.246 e. The van der Waals surface area contributed by atoms with E-state index in [2.05, 4.69) is 31.0 Å². The van der Waals surface area contributed by atoms with Crippen LogP contribution < -0.4 is 0 Å². The van der Waals surface area contributed by atoms with Crippen molar-refractivity contribution in [3.05, 3.63) is 12.4 Å².